The van der Waals surface area contributed by atoms with Crippen molar-refractivity contribution in [2.24, 2.45) is 0 Å². The van der Waals surface area contributed by atoms with Crippen molar-refractivity contribution < 1.29 is 13.0 Å². The van der Waals surface area contributed by atoms with Gasteiger partial charge in [0, 0.05) is 0 Å². The van der Waals surface area contributed by atoms with E-state index in [1.165, 1.54) is 5.56 Å². The molecular formula is C10H17NO3S2. The van der Waals surface area contributed by atoms with Gasteiger partial charge in [-0.1, -0.05) is 0 Å². The van der Waals surface area contributed by atoms with Gasteiger partial charge in [0.1, 0.15) is 0 Å². The van der Waals surface area contributed by atoms with Crippen molar-refractivity contribution in [2.75, 3.05) is 18.8 Å². The van der Waals surface area contributed by atoms with Crippen LogP contribution in [0.5, 0.6) is 0 Å². The molecule has 0 aliphatic heterocycles. The van der Waals surface area contributed by atoms with Crippen LogP contribution in [0.2, 0.25) is 0 Å². The maximum Gasteiger partial charge on any atom is 0.264 e. The molecule has 1 aromatic heterocycles. The Hall–Kier alpha value is -0.430. The summed E-state index contributed by atoms with van der Waals surface area (Å²) in [6.07, 6.45) is 2.27. The lowest BCUT2D eigenvalue weighted by atomic mass is 10.2. The highest BCUT2D eigenvalue weighted by Gasteiger charge is 2.02. The maximum atomic E-state index is 10.4. The Morgan fingerprint density at radius 2 is 2.12 bits per heavy atom. The number of hydrogen-bond acceptors (Lipinski definition) is 4. The minimum Gasteiger partial charge on any atom is -0.316 e. The molecule has 16 heavy (non-hydrogen) atoms. The Morgan fingerprint density at radius 1 is 1.31 bits per heavy atom. The van der Waals surface area contributed by atoms with Crippen LogP contribution in [0.3, 0.4) is 0 Å². The van der Waals surface area contributed by atoms with Gasteiger partial charge in [0.25, 0.3) is 10.1 Å². The molecule has 0 aromatic carbocycles. The van der Waals surface area contributed by atoms with Gasteiger partial charge in [-0.15, -0.1) is 0 Å². The minimum absolute atomic E-state index is 0.140. The standard InChI is InChI=1S/C10H17NO3S2/c12-16(13,14)8-2-1-5-11-6-3-10-4-7-15-9-10/h4,7,9,11H,1-3,5-6,8H2,(H,12,13,14). The normalized spacial score (nSPS) is 11.8. The van der Waals surface area contributed by atoms with Gasteiger partial charge in [0.05, 0.1) is 5.75 Å². The first-order chi connectivity index (χ1) is 7.58. The van der Waals surface area contributed by atoms with E-state index in [0.29, 0.717) is 6.42 Å². The molecule has 0 aliphatic carbocycles. The zero-order valence-electron chi connectivity index (χ0n) is 9.05. The van der Waals surface area contributed by atoms with E-state index in [2.05, 4.69) is 22.1 Å². The second kappa shape index (κ2) is 7.01. The number of thiophene rings is 1. The molecule has 1 rings (SSSR count). The second-order valence-electron chi connectivity index (χ2n) is 3.62. The van der Waals surface area contributed by atoms with E-state index in [4.69, 9.17) is 4.55 Å². The van der Waals surface area contributed by atoms with Crippen LogP contribution in [-0.4, -0.2) is 31.8 Å². The van der Waals surface area contributed by atoms with Crippen molar-refractivity contribution in [3.05, 3.63) is 22.4 Å². The van der Waals surface area contributed by atoms with E-state index < -0.39 is 10.1 Å². The summed E-state index contributed by atoms with van der Waals surface area (Å²) in [5.74, 6) is -0.140. The Balaban J connectivity index is 1.93. The van der Waals surface area contributed by atoms with Gasteiger partial charge in [-0.05, 0) is 54.7 Å². The van der Waals surface area contributed by atoms with Gasteiger partial charge in [-0.25, -0.2) is 0 Å². The molecule has 1 heterocycles. The molecular weight excluding hydrogens is 246 g/mol. The van der Waals surface area contributed by atoms with Gasteiger partial charge >= 0.3 is 0 Å². The monoisotopic (exact) mass is 263 g/mol. The molecule has 1 aromatic rings. The molecule has 0 saturated heterocycles. The largest absolute Gasteiger partial charge is 0.316 e. The first kappa shape index (κ1) is 13.6. The Morgan fingerprint density at radius 3 is 2.75 bits per heavy atom. The molecule has 0 fully saturated rings. The molecule has 0 atom stereocenters. The molecule has 0 amide bonds. The average molecular weight is 263 g/mol. The summed E-state index contributed by atoms with van der Waals surface area (Å²) >= 11 is 1.69. The van der Waals surface area contributed by atoms with Crippen molar-refractivity contribution in [3.63, 3.8) is 0 Å². The lowest BCUT2D eigenvalue weighted by molar-refractivity contribution is 0.479. The topological polar surface area (TPSA) is 66.4 Å². The molecule has 0 aliphatic rings. The summed E-state index contributed by atoms with van der Waals surface area (Å²) in [6.45, 7) is 1.70. The van der Waals surface area contributed by atoms with Crippen LogP contribution in [0.1, 0.15) is 18.4 Å². The summed E-state index contributed by atoms with van der Waals surface area (Å²) in [7, 11) is -3.78. The first-order valence-corrected chi connectivity index (χ1v) is 7.80. The summed E-state index contributed by atoms with van der Waals surface area (Å²) in [4.78, 5) is 0. The predicted molar refractivity (Wildman–Crippen MR) is 66.5 cm³/mol. The quantitative estimate of drug-likeness (QED) is 0.551. The van der Waals surface area contributed by atoms with Crippen LogP contribution in [0.15, 0.2) is 16.8 Å². The van der Waals surface area contributed by atoms with Gasteiger partial charge in [-0.2, -0.15) is 19.8 Å². The second-order valence-corrected chi connectivity index (χ2v) is 5.98. The van der Waals surface area contributed by atoms with Crippen molar-refractivity contribution in [3.8, 4) is 0 Å². The van der Waals surface area contributed by atoms with Gasteiger partial charge in [0.2, 0.25) is 0 Å². The third-order valence-corrected chi connectivity index (χ3v) is 3.71. The zero-order chi connectivity index (χ0) is 11.9. The van der Waals surface area contributed by atoms with Crippen LogP contribution >= 0.6 is 11.3 Å². The van der Waals surface area contributed by atoms with Crippen molar-refractivity contribution in [2.45, 2.75) is 19.3 Å². The molecule has 0 unspecified atom stereocenters. The summed E-state index contributed by atoms with van der Waals surface area (Å²) in [5, 5.41) is 7.42. The fourth-order valence-corrected chi connectivity index (χ4v) is 2.60. The SMILES string of the molecule is O=S(=O)(O)CCCCNCCc1ccsc1. The molecule has 2 N–H and O–H groups in total. The van der Waals surface area contributed by atoms with E-state index in [1.54, 1.807) is 11.3 Å². The molecule has 6 heteroatoms. The van der Waals surface area contributed by atoms with Crippen molar-refractivity contribution in [1.29, 1.82) is 0 Å². The third kappa shape index (κ3) is 6.95. The highest BCUT2D eigenvalue weighted by molar-refractivity contribution is 7.85. The van der Waals surface area contributed by atoms with Gasteiger partial charge in [-0.3, -0.25) is 4.55 Å². The van der Waals surface area contributed by atoms with Crippen LogP contribution in [0, 0.1) is 0 Å². The fraction of sp³-hybridized carbons (Fsp3) is 0.600. The fourth-order valence-electron chi connectivity index (χ4n) is 1.33. The van der Waals surface area contributed by atoms with E-state index in [9.17, 15) is 8.42 Å². The smallest absolute Gasteiger partial charge is 0.264 e. The predicted octanol–water partition coefficient (Wildman–Crippen LogP) is 1.55. The first-order valence-electron chi connectivity index (χ1n) is 5.25. The molecule has 0 radical (unpaired) electrons. The Bertz CT molecular complexity index is 373. The lowest BCUT2D eigenvalue weighted by Crippen LogP contribution is -2.19. The van der Waals surface area contributed by atoms with Crippen LogP contribution < -0.4 is 5.32 Å². The molecule has 92 valence electrons. The van der Waals surface area contributed by atoms with E-state index >= 15 is 0 Å². The molecule has 4 nitrogen and oxygen atoms in total. The summed E-state index contributed by atoms with van der Waals surface area (Å²) < 4.78 is 29.3. The van der Waals surface area contributed by atoms with E-state index in [1.807, 2.05) is 0 Å². The van der Waals surface area contributed by atoms with E-state index in [-0.39, 0.29) is 5.75 Å². The van der Waals surface area contributed by atoms with Gasteiger partial charge in [0.15, 0.2) is 0 Å². The van der Waals surface area contributed by atoms with Gasteiger partial charge < -0.3 is 5.32 Å². The average Bonchev–Trinajstić information content (AvgIpc) is 2.67. The summed E-state index contributed by atoms with van der Waals surface area (Å²) in [5.41, 5.74) is 1.33. The Labute approximate surface area is 100 Å². The van der Waals surface area contributed by atoms with Crippen molar-refractivity contribution >= 4 is 21.5 Å². The highest BCUT2D eigenvalue weighted by Crippen LogP contribution is 2.05. The van der Waals surface area contributed by atoms with E-state index in [0.717, 1.165) is 25.9 Å². The minimum atomic E-state index is -3.78. The number of nitrogens with one attached hydrogen (secondary N) is 1. The highest BCUT2D eigenvalue weighted by atomic mass is 32.2. The number of rotatable bonds is 8. The van der Waals surface area contributed by atoms with Crippen molar-refractivity contribution in [1.82, 2.24) is 5.32 Å². The Kier molecular flexibility index (Phi) is 5.97. The molecule has 0 spiro atoms. The third-order valence-electron chi connectivity index (χ3n) is 2.18. The summed E-state index contributed by atoms with van der Waals surface area (Å²) in [6, 6.07) is 2.10. The molecule has 0 bridgehead atoms. The number of unbranched alkanes of at least 4 members (excludes halogenated alkanes) is 1. The van der Waals surface area contributed by atoms with Crippen LogP contribution in [-0.2, 0) is 16.5 Å². The molecule has 0 saturated carbocycles. The van der Waals surface area contributed by atoms with Crippen LogP contribution in [0.4, 0.5) is 0 Å². The zero-order valence-corrected chi connectivity index (χ0v) is 10.7. The number of hydrogen-bond donors (Lipinski definition) is 2. The maximum absolute atomic E-state index is 10.4. The van der Waals surface area contributed by atoms with Crippen LogP contribution in [0.25, 0.3) is 0 Å². The lowest BCUT2D eigenvalue weighted by Gasteiger charge is -2.03.